The van der Waals surface area contributed by atoms with Crippen LogP contribution in [-0.4, -0.2) is 9.78 Å². The molecule has 0 N–H and O–H groups in total. The van der Waals surface area contributed by atoms with Crippen LogP contribution < -0.4 is 0 Å². The van der Waals surface area contributed by atoms with Crippen LogP contribution in [-0.2, 0) is 6.54 Å². The van der Waals surface area contributed by atoms with E-state index in [0.29, 0.717) is 0 Å². The largest absolute Gasteiger partial charge is 0.260 e. The van der Waals surface area contributed by atoms with Crippen molar-refractivity contribution in [3.8, 4) is 0 Å². The van der Waals surface area contributed by atoms with Gasteiger partial charge >= 0.3 is 0 Å². The minimum atomic E-state index is 0.791. The van der Waals surface area contributed by atoms with Gasteiger partial charge in [0.2, 0.25) is 0 Å². The predicted octanol–water partition coefficient (Wildman–Crippen LogP) is 0.513. The van der Waals surface area contributed by atoms with Crippen LogP contribution in [0.1, 0.15) is 5.69 Å². The number of fused-ring (bicyclic) bond motifs is 1. The molecule has 0 fully saturated rings. The second kappa shape index (κ2) is 1.22. The second-order valence-electron chi connectivity index (χ2n) is 1.70. The van der Waals surface area contributed by atoms with Gasteiger partial charge in [0, 0.05) is 0 Å². The lowest BCUT2D eigenvalue weighted by molar-refractivity contribution is 0.703. The van der Waals surface area contributed by atoms with Crippen molar-refractivity contribution in [2.75, 3.05) is 0 Å². The molecule has 2 heterocycles. The predicted molar refractivity (Wildman–Crippen MR) is 28.8 cm³/mol. The van der Waals surface area contributed by atoms with Crippen molar-refractivity contribution in [3.63, 3.8) is 0 Å². The molecule has 8 heavy (non-hydrogen) atoms. The zero-order chi connectivity index (χ0) is 5.40. The summed E-state index contributed by atoms with van der Waals surface area (Å²) >= 11 is 0. The molecule has 2 rings (SSSR count). The van der Waals surface area contributed by atoms with Gasteiger partial charge in [-0.3, -0.25) is 4.68 Å². The fourth-order valence-corrected chi connectivity index (χ4v) is 0.776. The highest BCUT2D eigenvalue weighted by Crippen LogP contribution is 2.06. The van der Waals surface area contributed by atoms with E-state index in [1.165, 1.54) is 0 Å². The van der Waals surface area contributed by atoms with Crippen LogP contribution in [0.5, 0.6) is 0 Å². The van der Waals surface area contributed by atoms with E-state index in [1.54, 1.807) is 0 Å². The Labute approximate surface area is 47.4 Å². The summed E-state index contributed by atoms with van der Waals surface area (Å²) in [6, 6.07) is 1.85. The number of aromatic nitrogens is 2. The van der Waals surface area contributed by atoms with Crippen molar-refractivity contribution >= 4 is 6.08 Å². The quantitative estimate of drug-likeness (QED) is 0.469. The maximum Gasteiger partial charge on any atom is 0.113 e. The second-order valence-corrected chi connectivity index (χ2v) is 1.70. The van der Waals surface area contributed by atoms with E-state index in [1.807, 2.05) is 16.8 Å². The van der Waals surface area contributed by atoms with Crippen LogP contribution in [0.4, 0.5) is 0 Å². The first-order valence-corrected chi connectivity index (χ1v) is 2.47. The Morgan fingerprint density at radius 2 is 2.75 bits per heavy atom. The van der Waals surface area contributed by atoms with Gasteiger partial charge in [-0.15, -0.1) is 0 Å². The van der Waals surface area contributed by atoms with Gasteiger partial charge in [0.05, 0.1) is 12.2 Å². The molecule has 2 heteroatoms. The molecule has 2 nitrogen and oxygen atoms in total. The van der Waals surface area contributed by atoms with Crippen molar-refractivity contribution < 1.29 is 0 Å². The molecule has 0 unspecified atom stereocenters. The van der Waals surface area contributed by atoms with Crippen LogP contribution in [0.25, 0.3) is 6.08 Å². The summed E-state index contributed by atoms with van der Waals surface area (Å²) in [7, 11) is 0. The topological polar surface area (TPSA) is 17.8 Å². The zero-order valence-corrected chi connectivity index (χ0v) is 4.26. The highest BCUT2D eigenvalue weighted by atomic mass is 15.3. The van der Waals surface area contributed by atoms with Crippen LogP contribution in [0.15, 0.2) is 6.07 Å². The molecule has 0 aromatic carbocycles. The lowest BCUT2D eigenvalue weighted by Crippen LogP contribution is -1.93. The Morgan fingerprint density at radius 3 is 3.62 bits per heavy atom. The van der Waals surface area contributed by atoms with Crippen molar-refractivity contribution in [2.24, 2.45) is 0 Å². The average molecular weight is 104 g/mol. The minimum absolute atomic E-state index is 0.791. The molecule has 1 aromatic rings. The monoisotopic (exact) mass is 104 g/mol. The first-order chi connectivity index (χ1) is 3.97. The molecule has 38 valence electrons. The van der Waals surface area contributed by atoms with Crippen LogP contribution >= 0.6 is 0 Å². The van der Waals surface area contributed by atoms with Gasteiger partial charge in [-0.2, -0.15) is 5.10 Å². The summed E-state index contributed by atoms with van der Waals surface area (Å²) in [5.41, 5.74) is 1.10. The molecule has 0 spiro atoms. The van der Waals surface area contributed by atoms with E-state index in [-0.39, 0.29) is 0 Å². The normalized spacial score (nSPS) is 14.5. The fraction of sp³-hybridized carbons (Fsp3) is 0.167. The van der Waals surface area contributed by atoms with Gasteiger partial charge in [0.1, 0.15) is 6.20 Å². The van der Waals surface area contributed by atoms with Crippen molar-refractivity contribution in [2.45, 2.75) is 6.54 Å². The SMILES string of the molecule is [C]1=Cc2c[c]nn2C1. The van der Waals surface area contributed by atoms with Gasteiger partial charge in [-0.05, 0) is 18.2 Å². The van der Waals surface area contributed by atoms with Crippen LogP contribution in [0.2, 0.25) is 0 Å². The zero-order valence-electron chi connectivity index (χ0n) is 4.26. The molecule has 0 saturated heterocycles. The first kappa shape index (κ1) is 3.89. The Bertz CT molecular complexity index is 222. The summed E-state index contributed by atoms with van der Waals surface area (Å²) in [6.45, 7) is 0.791. The van der Waals surface area contributed by atoms with Gasteiger partial charge < -0.3 is 0 Å². The van der Waals surface area contributed by atoms with Gasteiger partial charge in [-0.25, -0.2) is 0 Å². The highest BCUT2D eigenvalue weighted by Gasteiger charge is 2.01. The van der Waals surface area contributed by atoms with E-state index < -0.39 is 0 Å². The molecule has 2 radical (unpaired) electrons. The lowest BCUT2D eigenvalue weighted by Gasteiger charge is -1.87. The number of hydrogen-bond acceptors (Lipinski definition) is 1. The Kier molecular flexibility index (Phi) is 0.592. The molecular weight excluding hydrogens is 100 g/mol. The van der Waals surface area contributed by atoms with Gasteiger partial charge in [-0.1, -0.05) is 0 Å². The molecule has 0 saturated carbocycles. The van der Waals surface area contributed by atoms with Crippen molar-refractivity contribution in [3.05, 3.63) is 24.0 Å². The summed E-state index contributed by atoms with van der Waals surface area (Å²) in [5.74, 6) is 0. The first-order valence-electron chi connectivity index (χ1n) is 2.47. The molecule has 1 aliphatic heterocycles. The molecule has 0 atom stereocenters. The lowest BCUT2D eigenvalue weighted by atomic mass is 10.4. The maximum absolute atomic E-state index is 3.89. The summed E-state index contributed by atoms with van der Waals surface area (Å²) in [5, 5.41) is 3.89. The third-order valence-corrected chi connectivity index (χ3v) is 1.18. The molecular formula is C6H4N2. The molecule has 0 aliphatic carbocycles. The van der Waals surface area contributed by atoms with Gasteiger partial charge in [0.15, 0.2) is 0 Å². The summed E-state index contributed by atoms with van der Waals surface area (Å²) < 4.78 is 1.85. The van der Waals surface area contributed by atoms with E-state index in [2.05, 4.69) is 17.4 Å². The molecule has 1 aromatic heterocycles. The minimum Gasteiger partial charge on any atom is -0.260 e. The summed E-state index contributed by atoms with van der Waals surface area (Å²) in [6.07, 6.45) is 7.69. The average Bonchev–Trinajstić information content (AvgIpc) is 2.15. The highest BCUT2D eigenvalue weighted by molar-refractivity contribution is 5.44. The Balaban J connectivity index is 2.67. The number of allylic oxidation sites excluding steroid dienone is 1. The Morgan fingerprint density at radius 1 is 1.75 bits per heavy atom. The van der Waals surface area contributed by atoms with E-state index >= 15 is 0 Å². The standard InChI is InChI=1S/C6H4N2/c1-2-6-3-4-7-8(6)5-1/h2-3H,5H2. The molecule has 1 aliphatic rings. The number of nitrogens with zero attached hydrogens (tertiary/aromatic N) is 2. The van der Waals surface area contributed by atoms with E-state index in [0.717, 1.165) is 12.2 Å². The van der Waals surface area contributed by atoms with E-state index in [4.69, 9.17) is 0 Å². The molecule has 0 amide bonds. The van der Waals surface area contributed by atoms with Crippen molar-refractivity contribution in [1.29, 1.82) is 0 Å². The third-order valence-electron chi connectivity index (χ3n) is 1.18. The van der Waals surface area contributed by atoms with Gasteiger partial charge in [0.25, 0.3) is 0 Å². The maximum atomic E-state index is 3.89. The van der Waals surface area contributed by atoms with Crippen LogP contribution in [0.3, 0.4) is 0 Å². The van der Waals surface area contributed by atoms with Crippen LogP contribution in [0, 0.1) is 12.3 Å². The third kappa shape index (κ3) is 0.346. The number of rotatable bonds is 0. The molecule has 0 bridgehead atoms. The Hall–Kier alpha value is -1.05. The summed E-state index contributed by atoms with van der Waals surface area (Å²) in [4.78, 5) is 0. The van der Waals surface area contributed by atoms with Crippen molar-refractivity contribution in [1.82, 2.24) is 9.78 Å². The fourth-order valence-electron chi connectivity index (χ4n) is 0.776. The smallest absolute Gasteiger partial charge is 0.113 e. The number of hydrogen-bond donors (Lipinski definition) is 0. The van der Waals surface area contributed by atoms with E-state index in [9.17, 15) is 0 Å².